The van der Waals surface area contributed by atoms with Crippen LogP contribution in [0.3, 0.4) is 0 Å². The van der Waals surface area contributed by atoms with Crippen molar-refractivity contribution in [3.63, 3.8) is 0 Å². The van der Waals surface area contributed by atoms with Crippen LogP contribution in [0.15, 0.2) is 18.2 Å². The molecule has 0 atom stereocenters. The fourth-order valence-corrected chi connectivity index (χ4v) is 2.58. The van der Waals surface area contributed by atoms with E-state index in [0.29, 0.717) is 6.42 Å². The number of aliphatic hydroxyl groups is 1. The molecule has 16 heavy (non-hydrogen) atoms. The minimum absolute atomic E-state index is 0.112. The molecule has 0 saturated carbocycles. The van der Waals surface area contributed by atoms with Gasteiger partial charge in [-0.25, -0.2) is 4.98 Å². The predicted octanol–water partition coefficient (Wildman–Crippen LogP) is 3.13. The molecule has 0 aliphatic heterocycles. The summed E-state index contributed by atoms with van der Waals surface area (Å²) in [6.07, 6.45) is 0.707. The van der Waals surface area contributed by atoms with Crippen LogP contribution in [0.1, 0.15) is 31.3 Å². The van der Waals surface area contributed by atoms with Gasteiger partial charge in [0, 0.05) is 12.0 Å². The van der Waals surface area contributed by atoms with E-state index < -0.39 is 0 Å². The summed E-state index contributed by atoms with van der Waals surface area (Å²) in [4.78, 5) is 4.66. The number of hydrogen-bond donors (Lipinski definition) is 1. The van der Waals surface area contributed by atoms with Gasteiger partial charge in [0.2, 0.25) is 0 Å². The first kappa shape index (κ1) is 11.6. The molecule has 0 unspecified atom stereocenters. The first-order valence-corrected chi connectivity index (χ1v) is 6.33. The lowest BCUT2D eigenvalue weighted by molar-refractivity contribution is 0.299. The van der Waals surface area contributed by atoms with E-state index in [0.717, 1.165) is 11.1 Å². The third-order valence-electron chi connectivity index (χ3n) is 2.49. The molecule has 1 N–H and O–H groups in total. The number of fused-ring (bicyclic) bond motifs is 1. The molecule has 0 aliphatic rings. The number of aromatic nitrogens is 1. The molecular formula is C13H17NOS. The molecule has 0 aliphatic carbocycles. The Labute approximate surface area is 100.0 Å². The first-order valence-electron chi connectivity index (χ1n) is 5.51. The van der Waals surface area contributed by atoms with Gasteiger partial charge >= 0.3 is 0 Å². The summed E-state index contributed by atoms with van der Waals surface area (Å²) in [5.74, 6) is 0. The van der Waals surface area contributed by atoms with E-state index in [4.69, 9.17) is 5.11 Å². The molecule has 0 amide bonds. The van der Waals surface area contributed by atoms with Crippen molar-refractivity contribution in [2.45, 2.75) is 32.6 Å². The van der Waals surface area contributed by atoms with E-state index in [1.165, 1.54) is 9.71 Å². The smallest absolute Gasteiger partial charge is 0.0992 e. The minimum atomic E-state index is 0.112. The van der Waals surface area contributed by atoms with Gasteiger partial charge in [0.05, 0.1) is 15.2 Å². The highest BCUT2D eigenvalue weighted by atomic mass is 32.1. The summed E-state index contributed by atoms with van der Waals surface area (Å²) >= 11 is 1.76. The van der Waals surface area contributed by atoms with E-state index >= 15 is 0 Å². The zero-order chi connectivity index (χ0) is 11.8. The quantitative estimate of drug-likeness (QED) is 0.867. The number of thiazole rings is 1. The highest BCUT2D eigenvalue weighted by molar-refractivity contribution is 7.18. The van der Waals surface area contributed by atoms with Crippen LogP contribution >= 0.6 is 11.3 Å². The second kappa shape index (κ2) is 4.15. The normalized spacial score (nSPS) is 12.2. The van der Waals surface area contributed by atoms with Crippen molar-refractivity contribution < 1.29 is 5.11 Å². The van der Waals surface area contributed by atoms with Crippen LogP contribution in [-0.4, -0.2) is 16.7 Å². The fraction of sp³-hybridized carbons (Fsp3) is 0.462. The van der Waals surface area contributed by atoms with Crippen molar-refractivity contribution in [1.82, 2.24) is 4.98 Å². The van der Waals surface area contributed by atoms with E-state index in [1.807, 2.05) is 0 Å². The molecule has 2 aromatic rings. The number of benzene rings is 1. The molecule has 3 heteroatoms. The molecule has 0 radical (unpaired) electrons. The second-order valence-corrected chi connectivity index (χ2v) is 6.08. The van der Waals surface area contributed by atoms with Gasteiger partial charge in [-0.3, -0.25) is 0 Å². The summed E-state index contributed by atoms with van der Waals surface area (Å²) in [6.45, 7) is 6.74. The van der Waals surface area contributed by atoms with Crippen LogP contribution in [0, 0.1) is 0 Å². The largest absolute Gasteiger partial charge is 0.396 e. The van der Waals surface area contributed by atoms with Crippen molar-refractivity contribution in [1.29, 1.82) is 0 Å². The molecule has 2 nitrogen and oxygen atoms in total. The Hall–Kier alpha value is -0.930. The van der Waals surface area contributed by atoms with Crippen LogP contribution in [0.5, 0.6) is 0 Å². The number of nitrogens with zero attached hydrogens (tertiary/aromatic N) is 1. The molecular weight excluding hydrogens is 218 g/mol. The van der Waals surface area contributed by atoms with Gasteiger partial charge in [0.15, 0.2) is 0 Å². The number of rotatable bonds is 2. The van der Waals surface area contributed by atoms with Crippen LogP contribution in [0.4, 0.5) is 0 Å². The zero-order valence-corrected chi connectivity index (χ0v) is 10.8. The zero-order valence-electron chi connectivity index (χ0n) is 9.95. The Morgan fingerprint density at radius 2 is 2.06 bits per heavy atom. The molecule has 0 bridgehead atoms. The second-order valence-electron chi connectivity index (χ2n) is 5.04. The van der Waals surface area contributed by atoms with Crippen molar-refractivity contribution in [3.05, 3.63) is 28.8 Å². The lowest BCUT2D eigenvalue weighted by Gasteiger charge is -2.13. The Bertz CT molecular complexity index is 496. The fourth-order valence-electron chi connectivity index (χ4n) is 1.58. The monoisotopic (exact) mass is 235 g/mol. The van der Waals surface area contributed by atoms with Gasteiger partial charge in [-0.2, -0.15) is 0 Å². The molecule has 1 heterocycles. The highest BCUT2D eigenvalue weighted by Crippen LogP contribution is 2.31. The Morgan fingerprint density at radius 3 is 2.69 bits per heavy atom. The van der Waals surface area contributed by atoms with Crippen LogP contribution in [-0.2, 0) is 11.8 Å². The van der Waals surface area contributed by atoms with Crippen LogP contribution in [0.2, 0.25) is 0 Å². The molecule has 0 fully saturated rings. The molecule has 0 saturated heterocycles. The average molecular weight is 235 g/mol. The Kier molecular flexibility index (Phi) is 3.00. The van der Waals surface area contributed by atoms with Crippen molar-refractivity contribution in [3.8, 4) is 0 Å². The van der Waals surface area contributed by atoms with E-state index in [1.54, 1.807) is 11.3 Å². The summed E-state index contributed by atoms with van der Waals surface area (Å²) in [7, 11) is 0. The maximum Gasteiger partial charge on any atom is 0.0992 e. The maximum atomic E-state index is 8.91. The molecule has 2 rings (SSSR count). The van der Waals surface area contributed by atoms with Crippen molar-refractivity contribution in [2.75, 3.05) is 6.61 Å². The summed E-state index contributed by atoms with van der Waals surface area (Å²) in [5.41, 5.74) is 2.32. The van der Waals surface area contributed by atoms with Gasteiger partial charge in [-0.15, -0.1) is 11.3 Å². The molecule has 1 aromatic heterocycles. The molecule has 1 aromatic carbocycles. The Balaban J connectivity index is 2.46. The lowest BCUT2D eigenvalue weighted by Crippen LogP contribution is -2.09. The van der Waals surface area contributed by atoms with E-state index in [-0.39, 0.29) is 12.0 Å². The Morgan fingerprint density at radius 1 is 1.31 bits per heavy atom. The average Bonchev–Trinajstić information content (AvgIpc) is 2.60. The minimum Gasteiger partial charge on any atom is -0.396 e. The predicted molar refractivity (Wildman–Crippen MR) is 69.1 cm³/mol. The van der Waals surface area contributed by atoms with E-state index in [2.05, 4.69) is 44.0 Å². The van der Waals surface area contributed by atoms with Crippen molar-refractivity contribution >= 4 is 21.6 Å². The highest BCUT2D eigenvalue weighted by Gasteiger charge is 2.18. The van der Waals surface area contributed by atoms with E-state index in [9.17, 15) is 0 Å². The van der Waals surface area contributed by atoms with Crippen molar-refractivity contribution in [2.24, 2.45) is 0 Å². The molecule has 0 spiro atoms. The first-order chi connectivity index (χ1) is 7.50. The van der Waals surface area contributed by atoms with Gasteiger partial charge < -0.3 is 5.11 Å². The maximum absolute atomic E-state index is 8.91. The van der Waals surface area contributed by atoms with Gasteiger partial charge in [0.1, 0.15) is 0 Å². The third-order valence-corrected chi connectivity index (χ3v) is 3.96. The molecule has 86 valence electrons. The van der Waals surface area contributed by atoms with Gasteiger partial charge in [0.25, 0.3) is 0 Å². The topological polar surface area (TPSA) is 33.1 Å². The van der Waals surface area contributed by atoms with Gasteiger partial charge in [-0.05, 0) is 24.1 Å². The third kappa shape index (κ3) is 2.25. The lowest BCUT2D eigenvalue weighted by atomic mass is 9.98. The summed E-state index contributed by atoms with van der Waals surface area (Å²) in [5, 5.41) is 10.1. The van der Waals surface area contributed by atoms with Crippen LogP contribution in [0.25, 0.3) is 10.2 Å². The van der Waals surface area contributed by atoms with Gasteiger partial charge in [-0.1, -0.05) is 26.8 Å². The number of aliphatic hydroxyl groups excluding tert-OH is 1. The number of hydrogen-bond acceptors (Lipinski definition) is 3. The van der Waals surface area contributed by atoms with Crippen LogP contribution < -0.4 is 0 Å². The summed E-state index contributed by atoms with van der Waals surface area (Å²) < 4.78 is 1.23. The SMILES string of the molecule is CC(C)(C)c1nc2cc(CCO)ccc2s1. The summed E-state index contributed by atoms with van der Waals surface area (Å²) in [6, 6.07) is 6.26. The standard InChI is InChI=1S/C13H17NOS/c1-13(2,3)12-14-10-8-9(6-7-15)4-5-11(10)16-12/h4-5,8,15H,6-7H2,1-3H3.